The fourth-order valence-electron chi connectivity index (χ4n) is 1.99. The molecule has 106 valence electrons. The lowest BCUT2D eigenvalue weighted by Crippen LogP contribution is -2.27. The normalized spacial score (nSPS) is 10.5. The van der Waals surface area contributed by atoms with Crippen molar-refractivity contribution in [2.75, 3.05) is 6.54 Å². The van der Waals surface area contributed by atoms with Crippen LogP contribution < -0.4 is 11.1 Å². The Morgan fingerprint density at radius 1 is 1.35 bits per heavy atom. The van der Waals surface area contributed by atoms with Crippen LogP contribution in [0.4, 0.5) is 0 Å². The quantitative estimate of drug-likeness (QED) is 0.852. The van der Waals surface area contributed by atoms with E-state index in [1.165, 1.54) is 0 Å². The number of aromatic nitrogens is 1. The number of aryl methyl sites for hydroxylation is 1. The molecule has 20 heavy (non-hydrogen) atoms. The highest BCUT2D eigenvalue weighted by Gasteiger charge is 2.07. The van der Waals surface area contributed by atoms with Gasteiger partial charge in [0.2, 0.25) is 5.91 Å². The second kappa shape index (κ2) is 7.17. The highest BCUT2D eigenvalue weighted by atomic mass is 32.1. The minimum absolute atomic E-state index is 0.0270. The summed E-state index contributed by atoms with van der Waals surface area (Å²) < 4.78 is 0. The summed E-state index contributed by atoms with van der Waals surface area (Å²) in [6.45, 7) is 3.06. The van der Waals surface area contributed by atoms with E-state index >= 15 is 0 Å². The summed E-state index contributed by atoms with van der Waals surface area (Å²) in [5.41, 5.74) is 8.73. The van der Waals surface area contributed by atoms with Crippen LogP contribution in [0.5, 0.6) is 0 Å². The van der Waals surface area contributed by atoms with E-state index < -0.39 is 0 Å². The summed E-state index contributed by atoms with van der Waals surface area (Å²) in [7, 11) is 0. The Balaban J connectivity index is 1.80. The van der Waals surface area contributed by atoms with Crippen LogP contribution in [0.1, 0.15) is 21.8 Å². The maximum atomic E-state index is 11.9. The minimum Gasteiger partial charge on any atom is -0.355 e. The lowest BCUT2D eigenvalue weighted by atomic mass is 10.0. The van der Waals surface area contributed by atoms with E-state index in [1.54, 1.807) is 11.3 Å². The van der Waals surface area contributed by atoms with Crippen molar-refractivity contribution in [2.45, 2.75) is 26.3 Å². The zero-order valence-corrected chi connectivity index (χ0v) is 12.4. The maximum absolute atomic E-state index is 11.9. The van der Waals surface area contributed by atoms with Gasteiger partial charge < -0.3 is 11.1 Å². The van der Waals surface area contributed by atoms with E-state index in [9.17, 15) is 4.79 Å². The van der Waals surface area contributed by atoms with Crippen LogP contribution in [0.15, 0.2) is 29.6 Å². The van der Waals surface area contributed by atoms with Gasteiger partial charge in [0.25, 0.3) is 0 Å². The van der Waals surface area contributed by atoms with Gasteiger partial charge in [-0.25, -0.2) is 4.98 Å². The van der Waals surface area contributed by atoms with Crippen molar-refractivity contribution in [2.24, 2.45) is 5.73 Å². The van der Waals surface area contributed by atoms with Crippen molar-refractivity contribution in [3.63, 3.8) is 0 Å². The molecule has 2 rings (SSSR count). The highest BCUT2D eigenvalue weighted by Crippen LogP contribution is 2.10. The number of hydrogen-bond donors (Lipinski definition) is 2. The first-order valence-electron chi connectivity index (χ1n) is 6.63. The average molecular weight is 289 g/mol. The molecule has 0 fully saturated rings. The van der Waals surface area contributed by atoms with Gasteiger partial charge in [0, 0.05) is 30.6 Å². The van der Waals surface area contributed by atoms with Crippen LogP contribution in [0, 0.1) is 6.92 Å². The lowest BCUT2D eigenvalue weighted by Gasteiger charge is -2.08. The minimum atomic E-state index is 0.0270. The molecule has 1 aromatic carbocycles. The summed E-state index contributed by atoms with van der Waals surface area (Å²) in [5, 5.41) is 6.01. The molecule has 1 amide bonds. The summed E-state index contributed by atoms with van der Waals surface area (Å²) in [6, 6.07) is 7.78. The monoisotopic (exact) mass is 289 g/mol. The molecule has 0 aliphatic heterocycles. The molecule has 0 bridgehead atoms. The van der Waals surface area contributed by atoms with Gasteiger partial charge >= 0.3 is 0 Å². The third-order valence-electron chi connectivity index (χ3n) is 3.02. The smallest absolute Gasteiger partial charge is 0.224 e. The average Bonchev–Trinajstić information content (AvgIpc) is 2.85. The van der Waals surface area contributed by atoms with Crippen LogP contribution in [0.2, 0.25) is 0 Å². The van der Waals surface area contributed by atoms with Gasteiger partial charge in [-0.15, -0.1) is 11.3 Å². The van der Waals surface area contributed by atoms with E-state index in [0.717, 1.165) is 28.2 Å². The molecule has 0 aliphatic rings. The third-order valence-corrected chi connectivity index (χ3v) is 4.04. The van der Waals surface area contributed by atoms with Gasteiger partial charge in [-0.2, -0.15) is 0 Å². The largest absolute Gasteiger partial charge is 0.355 e. The molecular weight excluding hydrogens is 270 g/mol. The highest BCUT2D eigenvalue weighted by molar-refractivity contribution is 7.09. The van der Waals surface area contributed by atoms with Crippen LogP contribution >= 0.6 is 11.3 Å². The first-order valence-corrected chi connectivity index (χ1v) is 7.51. The van der Waals surface area contributed by atoms with E-state index in [1.807, 2.05) is 36.6 Å². The van der Waals surface area contributed by atoms with Gasteiger partial charge in [0.15, 0.2) is 0 Å². The third kappa shape index (κ3) is 4.15. The Morgan fingerprint density at radius 2 is 2.10 bits per heavy atom. The predicted octanol–water partition coefficient (Wildman–Crippen LogP) is 1.81. The molecule has 0 radical (unpaired) electrons. The first-order chi connectivity index (χ1) is 9.69. The first kappa shape index (κ1) is 14.7. The number of benzene rings is 1. The number of carbonyl (C=O) groups is 1. The molecule has 1 aromatic heterocycles. The Morgan fingerprint density at radius 3 is 2.75 bits per heavy atom. The van der Waals surface area contributed by atoms with E-state index in [-0.39, 0.29) is 5.91 Å². The van der Waals surface area contributed by atoms with Crippen molar-refractivity contribution in [1.29, 1.82) is 0 Å². The Hall–Kier alpha value is -1.72. The zero-order valence-electron chi connectivity index (χ0n) is 11.6. The number of nitrogens with one attached hydrogen (secondary N) is 1. The molecule has 2 aromatic rings. The second-order valence-electron chi connectivity index (χ2n) is 4.63. The summed E-state index contributed by atoms with van der Waals surface area (Å²) in [4.78, 5) is 16.3. The van der Waals surface area contributed by atoms with Crippen LogP contribution in [0.25, 0.3) is 0 Å². The number of thiazole rings is 1. The van der Waals surface area contributed by atoms with Gasteiger partial charge in [0.05, 0.1) is 11.4 Å². The van der Waals surface area contributed by atoms with Crippen LogP contribution in [-0.4, -0.2) is 17.4 Å². The van der Waals surface area contributed by atoms with Gasteiger partial charge in [0.1, 0.15) is 0 Å². The van der Waals surface area contributed by atoms with Crippen molar-refractivity contribution < 1.29 is 4.79 Å². The van der Waals surface area contributed by atoms with Crippen LogP contribution in [-0.2, 0) is 24.2 Å². The van der Waals surface area contributed by atoms with E-state index in [2.05, 4.69) is 10.3 Å². The number of rotatable bonds is 6. The number of carbonyl (C=O) groups excluding carboxylic acids is 1. The number of nitrogens with zero attached hydrogens (tertiary/aromatic N) is 1. The van der Waals surface area contributed by atoms with Crippen molar-refractivity contribution in [3.05, 3.63) is 51.5 Å². The van der Waals surface area contributed by atoms with Gasteiger partial charge in [-0.1, -0.05) is 24.3 Å². The molecule has 0 spiro atoms. The summed E-state index contributed by atoms with van der Waals surface area (Å²) in [5.74, 6) is 0.0270. The molecule has 0 saturated carbocycles. The standard InChI is InChI=1S/C15H19N3OS/c1-11-10-20-15(18-11)6-7-17-14(19)8-12-4-2-3-5-13(12)9-16/h2-5,10H,6-9,16H2,1H3,(H,17,19). The molecule has 0 aliphatic carbocycles. The predicted molar refractivity (Wildman–Crippen MR) is 81.6 cm³/mol. The number of hydrogen-bond acceptors (Lipinski definition) is 4. The number of amides is 1. The van der Waals surface area contributed by atoms with E-state index in [4.69, 9.17) is 5.73 Å². The Labute approximate surface area is 123 Å². The lowest BCUT2D eigenvalue weighted by molar-refractivity contribution is -0.120. The number of nitrogens with two attached hydrogens (primary N) is 1. The van der Waals surface area contributed by atoms with Gasteiger partial charge in [-0.05, 0) is 18.1 Å². The Bertz CT molecular complexity index is 580. The van der Waals surface area contributed by atoms with Crippen LogP contribution in [0.3, 0.4) is 0 Å². The Kier molecular flexibility index (Phi) is 5.26. The molecule has 5 heteroatoms. The SMILES string of the molecule is Cc1csc(CCNC(=O)Cc2ccccc2CN)n1. The zero-order chi connectivity index (χ0) is 14.4. The molecule has 1 heterocycles. The van der Waals surface area contributed by atoms with Gasteiger partial charge in [-0.3, -0.25) is 4.79 Å². The molecule has 0 unspecified atom stereocenters. The fraction of sp³-hybridized carbons (Fsp3) is 0.333. The maximum Gasteiger partial charge on any atom is 0.224 e. The molecule has 3 N–H and O–H groups in total. The molecular formula is C15H19N3OS. The van der Waals surface area contributed by atoms with Crippen molar-refractivity contribution >= 4 is 17.2 Å². The van der Waals surface area contributed by atoms with Crippen molar-refractivity contribution in [1.82, 2.24) is 10.3 Å². The van der Waals surface area contributed by atoms with E-state index in [0.29, 0.717) is 19.5 Å². The topological polar surface area (TPSA) is 68.0 Å². The molecule has 4 nitrogen and oxygen atoms in total. The molecule has 0 atom stereocenters. The molecule has 0 saturated heterocycles. The van der Waals surface area contributed by atoms with Crippen molar-refractivity contribution in [3.8, 4) is 0 Å². The summed E-state index contributed by atoms with van der Waals surface area (Å²) in [6.07, 6.45) is 1.16. The second-order valence-corrected chi connectivity index (χ2v) is 5.57. The summed E-state index contributed by atoms with van der Waals surface area (Å²) >= 11 is 1.63. The fourth-order valence-corrected chi connectivity index (χ4v) is 2.77.